The average Bonchev–Trinajstić information content (AvgIpc) is 2.99. The van der Waals surface area contributed by atoms with Gasteiger partial charge in [0, 0.05) is 6.42 Å². The molecule has 2 N–H and O–H groups in total. The van der Waals surface area contributed by atoms with Crippen LogP contribution < -0.4 is 10.6 Å². The van der Waals surface area contributed by atoms with Gasteiger partial charge in [-0.15, -0.1) is 0 Å². The van der Waals surface area contributed by atoms with Crippen molar-refractivity contribution in [2.45, 2.75) is 44.2 Å². The van der Waals surface area contributed by atoms with Crippen LogP contribution in [0.15, 0.2) is 24.3 Å². The summed E-state index contributed by atoms with van der Waals surface area (Å²) in [6.45, 7) is -0.316. The molecule has 6 nitrogen and oxygen atoms in total. The van der Waals surface area contributed by atoms with Gasteiger partial charge >= 0.3 is 5.97 Å². The van der Waals surface area contributed by atoms with E-state index in [2.05, 4.69) is 16.7 Å². The number of hydrogen-bond donors (Lipinski definition) is 2. The van der Waals surface area contributed by atoms with Gasteiger partial charge in [0.15, 0.2) is 6.61 Å². The first-order valence-corrected chi connectivity index (χ1v) is 7.96. The monoisotopic (exact) mass is 316 g/mol. The molecule has 2 amide bonds. The number of aryl methyl sites for hydroxylation is 1. The molecule has 23 heavy (non-hydrogen) atoms. The van der Waals surface area contributed by atoms with Crippen molar-refractivity contribution >= 4 is 17.8 Å². The zero-order chi connectivity index (χ0) is 16.2. The van der Waals surface area contributed by atoms with Gasteiger partial charge in [-0.3, -0.25) is 9.59 Å². The molecule has 0 saturated carbocycles. The third-order valence-corrected chi connectivity index (χ3v) is 4.33. The van der Waals surface area contributed by atoms with Gasteiger partial charge in [0.05, 0.1) is 6.04 Å². The second-order valence-electron chi connectivity index (χ2n) is 5.98. The van der Waals surface area contributed by atoms with Gasteiger partial charge < -0.3 is 15.4 Å². The lowest BCUT2D eigenvalue weighted by Crippen LogP contribution is -2.38. The van der Waals surface area contributed by atoms with Crippen LogP contribution in [-0.2, 0) is 25.5 Å². The van der Waals surface area contributed by atoms with Crippen LogP contribution in [0.3, 0.4) is 0 Å². The van der Waals surface area contributed by atoms with Gasteiger partial charge in [-0.1, -0.05) is 24.3 Å². The molecule has 2 atom stereocenters. The van der Waals surface area contributed by atoms with Gasteiger partial charge in [0.2, 0.25) is 5.91 Å². The number of benzene rings is 1. The van der Waals surface area contributed by atoms with E-state index in [1.54, 1.807) is 0 Å². The van der Waals surface area contributed by atoms with E-state index in [0.717, 1.165) is 24.8 Å². The number of hydrogen-bond acceptors (Lipinski definition) is 4. The number of carbonyl (C=O) groups is 3. The summed E-state index contributed by atoms with van der Waals surface area (Å²) in [7, 11) is 0. The van der Waals surface area contributed by atoms with E-state index in [4.69, 9.17) is 4.74 Å². The highest BCUT2D eigenvalue weighted by Gasteiger charge is 2.29. The van der Waals surface area contributed by atoms with Gasteiger partial charge in [-0.2, -0.15) is 0 Å². The van der Waals surface area contributed by atoms with Crippen molar-refractivity contribution in [1.29, 1.82) is 0 Å². The summed E-state index contributed by atoms with van der Waals surface area (Å²) in [4.78, 5) is 34.9. The summed E-state index contributed by atoms with van der Waals surface area (Å²) in [5, 5.41) is 5.45. The molecule has 0 spiro atoms. The Morgan fingerprint density at radius 2 is 2.04 bits per heavy atom. The maximum Gasteiger partial charge on any atom is 0.329 e. The van der Waals surface area contributed by atoms with E-state index >= 15 is 0 Å². The normalized spacial score (nSPS) is 22.9. The van der Waals surface area contributed by atoms with E-state index in [9.17, 15) is 14.4 Å². The minimum Gasteiger partial charge on any atom is -0.454 e. The number of fused-ring (bicyclic) bond motifs is 1. The standard InChI is InChI=1S/C17H20N2O4/c20-15-9-8-14(19-15)17(22)23-10-16(21)18-13-7-3-5-11-4-1-2-6-12(11)13/h1-2,4,6,13-14H,3,5,7-10H2,(H,18,21)(H,19,20)/t13-,14-/m1/s1. The van der Waals surface area contributed by atoms with Crippen LogP contribution in [0.4, 0.5) is 0 Å². The van der Waals surface area contributed by atoms with Crippen molar-refractivity contribution in [3.63, 3.8) is 0 Å². The molecule has 1 saturated heterocycles. The quantitative estimate of drug-likeness (QED) is 0.812. The Bertz CT molecular complexity index is 629. The second-order valence-corrected chi connectivity index (χ2v) is 5.98. The van der Waals surface area contributed by atoms with Crippen LogP contribution in [-0.4, -0.2) is 30.4 Å². The van der Waals surface area contributed by atoms with E-state index in [1.807, 2.05) is 18.2 Å². The number of carbonyl (C=O) groups excluding carboxylic acids is 3. The molecule has 122 valence electrons. The highest BCUT2D eigenvalue weighted by atomic mass is 16.5. The highest BCUT2D eigenvalue weighted by Crippen LogP contribution is 2.29. The predicted octanol–water partition coefficient (Wildman–Crippen LogP) is 1.00. The van der Waals surface area contributed by atoms with Crippen molar-refractivity contribution in [1.82, 2.24) is 10.6 Å². The first-order valence-electron chi connectivity index (χ1n) is 7.96. The first-order chi connectivity index (χ1) is 11.1. The Morgan fingerprint density at radius 1 is 1.22 bits per heavy atom. The second kappa shape index (κ2) is 6.81. The molecule has 1 fully saturated rings. The third-order valence-electron chi connectivity index (χ3n) is 4.33. The molecule has 3 rings (SSSR count). The lowest BCUT2D eigenvalue weighted by atomic mass is 9.88. The average molecular weight is 316 g/mol. The molecule has 0 aromatic heterocycles. The summed E-state index contributed by atoms with van der Waals surface area (Å²) >= 11 is 0. The number of esters is 1. The molecule has 2 aliphatic rings. The molecule has 1 aliphatic heterocycles. The van der Waals surface area contributed by atoms with Gasteiger partial charge in [0.25, 0.3) is 5.91 Å². The zero-order valence-electron chi connectivity index (χ0n) is 12.8. The minimum atomic E-state index is -0.620. The van der Waals surface area contributed by atoms with Gasteiger partial charge in [-0.25, -0.2) is 4.79 Å². The van der Waals surface area contributed by atoms with Crippen molar-refractivity contribution in [3.8, 4) is 0 Å². The Balaban J connectivity index is 1.50. The van der Waals surface area contributed by atoms with Crippen molar-refractivity contribution in [2.75, 3.05) is 6.61 Å². The largest absolute Gasteiger partial charge is 0.454 e. The molecule has 1 aliphatic carbocycles. The summed E-state index contributed by atoms with van der Waals surface area (Å²) in [6.07, 6.45) is 3.68. The summed E-state index contributed by atoms with van der Waals surface area (Å²) in [5.74, 6) is -1.02. The molecule has 1 aromatic carbocycles. The van der Waals surface area contributed by atoms with Crippen LogP contribution in [0.2, 0.25) is 0 Å². The molecule has 6 heteroatoms. The topological polar surface area (TPSA) is 84.5 Å². The zero-order valence-corrected chi connectivity index (χ0v) is 12.8. The van der Waals surface area contributed by atoms with Crippen molar-refractivity contribution < 1.29 is 19.1 Å². The van der Waals surface area contributed by atoms with E-state index in [0.29, 0.717) is 12.8 Å². The molecule has 1 heterocycles. The number of amides is 2. The maximum atomic E-state index is 12.0. The van der Waals surface area contributed by atoms with Crippen LogP contribution in [0.25, 0.3) is 0 Å². The smallest absolute Gasteiger partial charge is 0.329 e. The number of rotatable bonds is 4. The summed E-state index contributed by atoms with van der Waals surface area (Å²) in [5.41, 5.74) is 2.40. The fraction of sp³-hybridized carbons (Fsp3) is 0.471. The Kier molecular flexibility index (Phi) is 4.60. The Hall–Kier alpha value is -2.37. The Labute approximate surface area is 134 Å². The minimum absolute atomic E-state index is 0.0302. The van der Waals surface area contributed by atoms with E-state index in [1.165, 1.54) is 5.56 Å². The van der Waals surface area contributed by atoms with Crippen LogP contribution in [0, 0.1) is 0 Å². The van der Waals surface area contributed by atoms with Crippen molar-refractivity contribution in [2.24, 2.45) is 0 Å². The van der Waals surface area contributed by atoms with E-state index in [-0.39, 0.29) is 24.5 Å². The fourth-order valence-corrected chi connectivity index (χ4v) is 3.17. The molecule has 0 unspecified atom stereocenters. The molecule has 1 aromatic rings. The van der Waals surface area contributed by atoms with Gasteiger partial charge in [0.1, 0.15) is 6.04 Å². The van der Waals surface area contributed by atoms with Crippen LogP contribution in [0.5, 0.6) is 0 Å². The molecule has 0 radical (unpaired) electrons. The lowest BCUT2D eigenvalue weighted by molar-refractivity contribution is -0.150. The molecular formula is C17H20N2O4. The molecule has 0 bridgehead atoms. The van der Waals surface area contributed by atoms with Gasteiger partial charge in [-0.05, 0) is 36.8 Å². The fourth-order valence-electron chi connectivity index (χ4n) is 3.17. The SMILES string of the molecule is O=C1CC[C@H](C(=O)OCC(=O)N[C@@H]2CCCc3ccccc32)N1. The summed E-state index contributed by atoms with van der Waals surface area (Å²) in [6, 6.07) is 7.42. The van der Waals surface area contributed by atoms with Crippen LogP contribution >= 0.6 is 0 Å². The maximum absolute atomic E-state index is 12.0. The first kappa shape index (κ1) is 15.5. The molecular weight excluding hydrogens is 296 g/mol. The third kappa shape index (κ3) is 3.70. The number of ether oxygens (including phenoxy) is 1. The predicted molar refractivity (Wildman–Crippen MR) is 82.4 cm³/mol. The van der Waals surface area contributed by atoms with Crippen molar-refractivity contribution in [3.05, 3.63) is 35.4 Å². The lowest BCUT2D eigenvalue weighted by Gasteiger charge is -2.26. The summed E-state index contributed by atoms with van der Waals surface area (Å²) < 4.78 is 5.00. The van der Waals surface area contributed by atoms with Crippen LogP contribution in [0.1, 0.15) is 42.9 Å². The Morgan fingerprint density at radius 3 is 2.83 bits per heavy atom. The van der Waals surface area contributed by atoms with E-state index < -0.39 is 12.0 Å². The highest BCUT2D eigenvalue weighted by molar-refractivity contribution is 5.89. The number of nitrogens with one attached hydrogen (secondary N) is 2.